The third kappa shape index (κ3) is 4.81. The Labute approximate surface area is 188 Å². The average Bonchev–Trinajstić information content (AvgIpc) is 3.30. The molecule has 9 heteroatoms. The molecule has 3 heterocycles. The molecule has 2 aromatic heterocycles. The van der Waals surface area contributed by atoms with Gasteiger partial charge in [-0.2, -0.15) is 5.10 Å². The second kappa shape index (κ2) is 8.20. The van der Waals surface area contributed by atoms with Gasteiger partial charge in [-0.1, -0.05) is 32.4 Å². The van der Waals surface area contributed by atoms with E-state index in [1.165, 1.54) is 11.8 Å². The van der Waals surface area contributed by atoms with Crippen molar-refractivity contribution in [3.8, 4) is 0 Å². The van der Waals surface area contributed by atoms with Crippen molar-refractivity contribution in [1.29, 1.82) is 0 Å². The van der Waals surface area contributed by atoms with Crippen molar-refractivity contribution in [2.45, 2.75) is 20.8 Å². The highest BCUT2D eigenvalue weighted by molar-refractivity contribution is 8.18. The molecule has 1 aliphatic heterocycles. The van der Waals surface area contributed by atoms with Crippen LogP contribution in [0.15, 0.2) is 58.7 Å². The molecule has 0 spiro atoms. The number of aromatic nitrogens is 2. The molecule has 0 aliphatic carbocycles. The highest BCUT2D eigenvalue weighted by Crippen LogP contribution is 2.33. The number of halogens is 1. The van der Waals surface area contributed by atoms with Crippen molar-refractivity contribution in [3.63, 3.8) is 0 Å². The van der Waals surface area contributed by atoms with Gasteiger partial charge in [0.15, 0.2) is 5.17 Å². The van der Waals surface area contributed by atoms with Crippen LogP contribution < -0.4 is 10.6 Å². The number of fused-ring (bicyclic) bond motifs is 1. The Morgan fingerprint density at radius 1 is 1.26 bits per heavy atom. The lowest BCUT2D eigenvalue weighted by atomic mass is 9.95. The lowest BCUT2D eigenvalue weighted by Gasteiger charge is -2.18. The van der Waals surface area contributed by atoms with E-state index in [1.807, 2.05) is 45.2 Å². The largest absolute Gasteiger partial charge is 0.326 e. The number of thioether (sulfide) groups is 1. The summed E-state index contributed by atoms with van der Waals surface area (Å²) in [4.78, 5) is 29.7. The van der Waals surface area contributed by atoms with Crippen LogP contribution in [0.3, 0.4) is 0 Å². The van der Waals surface area contributed by atoms with Gasteiger partial charge in [0.05, 0.1) is 21.1 Å². The molecule has 0 radical (unpaired) electrons. The normalized spacial score (nSPS) is 16.8. The van der Waals surface area contributed by atoms with E-state index >= 15 is 0 Å². The maximum atomic E-state index is 12.4. The van der Waals surface area contributed by atoms with Gasteiger partial charge in [0.25, 0.3) is 5.91 Å². The van der Waals surface area contributed by atoms with Crippen molar-refractivity contribution in [2.24, 2.45) is 10.4 Å². The topological polar surface area (TPSA) is 87.9 Å². The van der Waals surface area contributed by atoms with Crippen LogP contribution in [0.25, 0.3) is 11.6 Å². The summed E-state index contributed by atoms with van der Waals surface area (Å²) in [5.41, 5.74) is 2.34. The van der Waals surface area contributed by atoms with Gasteiger partial charge in [0.1, 0.15) is 0 Å². The number of aliphatic imine (C=N–C) groups is 1. The SMILES string of the molecule is CC(C)(C)C(=O)Nc1ccc(Cl)c(N=C2NC(=O)C(=Cc3ccn4nccc4c3)S2)c1. The van der Waals surface area contributed by atoms with E-state index in [2.05, 4.69) is 20.7 Å². The number of anilines is 1. The molecule has 0 unspecified atom stereocenters. The molecule has 0 saturated carbocycles. The van der Waals surface area contributed by atoms with Crippen LogP contribution in [-0.2, 0) is 9.59 Å². The summed E-state index contributed by atoms with van der Waals surface area (Å²) in [5.74, 6) is -0.345. The fourth-order valence-electron chi connectivity index (χ4n) is 2.76. The predicted molar refractivity (Wildman–Crippen MR) is 126 cm³/mol. The summed E-state index contributed by atoms with van der Waals surface area (Å²) in [6.07, 6.45) is 5.36. The number of amides is 2. The zero-order valence-corrected chi connectivity index (χ0v) is 18.7. The van der Waals surface area contributed by atoms with Gasteiger partial charge in [-0.15, -0.1) is 0 Å². The molecule has 7 nitrogen and oxygen atoms in total. The van der Waals surface area contributed by atoms with E-state index in [1.54, 1.807) is 35.0 Å². The Hall–Kier alpha value is -3.10. The quantitative estimate of drug-likeness (QED) is 0.554. The van der Waals surface area contributed by atoms with Gasteiger partial charge in [-0.25, -0.2) is 9.51 Å². The van der Waals surface area contributed by atoms with E-state index in [-0.39, 0.29) is 11.8 Å². The number of nitrogens with zero attached hydrogens (tertiary/aromatic N) is 3. The van der Waals surface area contributed by atoms with E-state index in [0.717, 1.165) is 11.1 Å². The molecule has 1 aromatic carbocycles. The second-order valence-electron chi connectivity index (χ2n) is 8.01. The smallest absolute Gasteiger partial charge is 0.264 e. The van der Waals surface area contributed by atoms with Crippen LogP contribution in [0.1, 0.15) is 26.3 Å². The number of pyridine rings is 1. The molecule has 0 atom stereocenters. The zero-order valence-electron chi connectivity index (χ0n) is 17.1. The van der Waals surface area contributed by atoms with Crippen LogP contribution in [0.4, 0.5) is 11.4 Å². The standard InChI is InChI=1S/C22H20ClN5O2S/c1-22(2,3)20(30)25-14-4-5-16(23)17(12-14)26-21-27-19(29)18(31-21)11-13-7-9-28-15(10-13)6-8-24-28/h4-12H,1-3H3,(H,25,30)(H,26,27,29). The first-order chi connectivity index (χ1) is 14.7. The number of benzene rings is 1. The minimum atomic E-state index is -0.527. The molecule has 1 fully saturated rings. The van der Waals surface area contributed by atoms with E-state index in [0.29, 0.717) is 26.5 Å². The molecule has 0 bridgehead atoms. The van der Waals surface area contributed by atoms with Crippen LogP contribution in [0, 0.1) is 5.41 Å². The maximum absolute atomic E-state index is 12.4. The lowest BCUT2D eigenvalue weighted by Crippen LogP contribution is -2.27. The molecule has 1 saturated heterocycles. The Balaban J connectivity index is 1.56. The minimum absolute atomic E-state index is 0.114. The number of amidine groups is 1. The number of carbonyl (C=O) groups excluding carboxylic acids is 2. The Bertz CT molecular complexity index is 1260. The number of carbonyl (C=O) groups is 2. The number of rotatable bonds is 3. The zero-order chi connectivity index (χ0) is 22.2. The molecule has 2 N–H and O–H groups in total. The van der Waals surface area contributed by atoms with Gasteiger partial charge >= 0.3 is 0 Å². The molecule has 2 amide bonds. The second-order valence-corrected chi connectivity index (χ2v) is 9.45. The Morgan fingerprint density at radius 2 is 2.06 bits per heavy atom. The lowest BCUT2D eigenvalue weighted by molar-refractivity contribution is -0.123. The molecule has 158 valence electrons. The van der Waals surface area contributed by atoms with Crippen molar-refractivity contribution in [2.75, 3.05) is 5.32 Å². The first-order valence-electron chi connectivity index (χ1n) is 9.53. The molecule has 4 rings (SSSR count). The highest BCUT2D eigenvalue weighted by Gasteiger charge is 2.25. The van der Waals surface area contributed by atoms with Gasteiger partial charge in [-0.05, 0) is 59.8 Å². The summed E-state index contributed by atoms with van der Waals surface area (Å²) < 4.78 is 1.75. The summed E-state index contributed by atoms with van der Waals surface area (Å²) in [6.45, 7) is 5.51. The molecular weight excluding hydrogens is 434 g/mol. The molecule has 31 heavy (non-hydrogen) atoms. The Kier molecular flexibility index (Phi) is 5.60. The number of hydrogen-bond acceptors (Lipinski definition) is 5. The third-order valence-corrected chi connectivity index (χ3v) is 5.71. The van der Waals surface area contributed by atoms with Gasteiger partial charge < -0.3 is 10.6 Å². The van der Waals surface area contributed by atoms with E-state index in [4.69, 9.17) is 11.6 Å². The molecule has 3 aromatic rings. The summed E-state index contributed by atoms with van der Waals surface area (Å²) in [7, 11) is 0. The fourth-order valence-corrected chi connectivity index (χ4v) is 3.76. The van der Waals surface area contributed by atoms with Crippen molar-refractivity contribution < 1.29 is 9.59 Å². The van der Waals surface area contributed by atoms with Gasteiger partial charge in [-0.3, -0.25) is 9.59 Å². The average molecular weight is 454 g/mol. The minimum Gasteiger partial charge on any atom is -0.326 e. The van der Waals surface area contributed by atoms with Crippen LogP contribution in [-0.4, -0.2) is 26.6 Å². The van der Waals surface area contributed by atoms with Crippen LogP contribution >= 0.6 is 23.4 Å². The highest BCUT2D eigenvalue weighted by atomic mass is 35.5. The van der Waals surface area contributed by atoms with Gasteiger partial charge in [0.2, 0.25) is 5.91 Å². The van der Waals surface area contributed by atoms with E-state index in [9.17, 15) is 9.59 Å². The van der Waals surface area contributed by atoms with Crippen molar-refractivity contribution in [3.05, 3.63) is 64.3 Å². The van der Waals surface area contributed by atoms with Crippen LogP contribution in [0.2, 0.25) is 5.02 Å². The van der Waals surface area contributed by atoms with Crippen LogP contribution in [0.5, 0.6) is 0 Å². The van der Waals surface area contributed by atoms with Crippen molar-refractivity contribution >= 4 is 63.3 Å². The van der Waals surface area contributed by atoms with Gasteiger partial charge in [0, 0.05) is 23.5 Å². The molecule has 1 aliphatic rings. The first kappa shape index (κ1) is 21.1. The monoisotopic (exact) mass is 453 g/mol. The van der Waals surface area contributed by atoms with Crippen molar-refractivity contribution in [1.82, 2.24) is 14.9 Å². The summed E-state index contributed by atoms with van der Waals surface area (Å²) in [6, 6.07) is 10.8. The first-order valence-corrected chi connectivity index (χ1v) is 10.7. The maximum Gasteiger partial charge on any atom is 0.264 e. The molecular formula is C22H20ClN5O2S. The predicted octanol–water partition coefficient (Wildman–Crippen LogP) is 4.86. The Morgan fingerprint density at radius 3 is 2.84 bits per heavy atom. The third-order valence-electron chi connectivity index (χ3n) is 4.48. The number of hydrogen-bond donors (Lipinski definition) is 2. The summed E-state index contributed by atoms with van der Waals surface area (Å²) in [5, 5.41) is 10.6. The summed E-state index contributed by atoms with van der Waals surface area (Å²) >= 11 is 7.51. The van der Waals surface area contributed by atoms with E-state index < -0.39 is 5.41 Å². The number of nitrogens with one attached hydrogen (secondary N) is 2. The fraction of sp³-hybridized carbons (Fsp3) is 0.182.